The second-order valence-corrected chi connectivity index (χ2v) is 8.41. The fourth-order valence-corrected chi connectivity index (χ4v) is 4.01. The predicted octanol–water partition coefficient (Wildman–Crippen LogP) is 4.44. The van der Waals surface area contributed by atoms with E-state index in [2.05, 4.69) is 20.8 Å². The molecule has 0 spiro atoms. The lowest BCUT2D eigenvalue weighted by Gasteiger charge is -2.36. The van der Waals surface area contributed by atoms with Crippen LogP contribution in [0.4, 0.5) is 0 Å². The fraction of sp³-hybridized carbons (Fsp3) is 0.619. The lowest BCUT2D eigenvalue weighted by molar-refractivity contribution is -0.158. The molecule has 1 aliphatic heterocycles. The topological polar surface area (TPSA) is 52.6 Å². The number of esters is 2. The van der Waals surface area contributed by atoms with Gasteiger partial charge in [0, 0.05) is 0 Å². The monoisotopic (exact) mass is 344 g/mol. The molecule has 136 valence electrons. The minimum Gasteiger partial charge on any atom is -0.462 e. The number of ether oxygens (including phenoxy) is 2. The summed E-state index contributed by atoms with van der Waals surface area (Å²) in [6.45, 7) is 6.82. The quantitative estimate of drug-likeness (QED) is 0.761. The highest BCUT2D eigenvalue weighted by Gasteiger charge is 2.43. The Labute approximate surface area is 149 Å². The van der Waals surface area contributed by atoms with Gasteiger partial charge in [-0.25, -0.2) is 0 Å². The van der Waals surface area contributed by atoms with Crippen molar-refractivity contribution in [3.8, 4) is 0 Å². The molecule has 0 amide bonds. The molecule has 1 saturated heterocycles. The number of rotatable bonds is 3. The number of carbonyl (C=O) groups is 2. The van der Waals surface area contributed by atoms with Crippen LogP contribution >= 0.6 is 0 Å². The first-order chi connectivity index (χ1) is 11.8. The molecule has 2 unspecified atom stereocenters. The van der Waals surface area contributed by atoms with Crippen LogP contribution in [0.1, 0.15) is 64.5 Å². The first kappa shape index (κ1) is 18.0. The number of carbonyl (C=O) groups excluding carboxylic acids is 2. The Hall–Kier alpha value is -1.84. The van der Waals surface area contributed by atoms with Crippen LogP contribution in [0.3, 0.4) is 0 Å². The van der Waals surface area contributed by atoms with Gasteiger partial charge in [0.05, 0.1) is 6.42 Å². The SMILES string of the molecule is CC(C)(C)C1CCC(OC(=O)C2CC(=O)OC2c2ccccc2)CC1. The zero-order valence-corrected chi connectivity index (χ0v) is 15.4. The summed E-state index contributed by atoms with van der Waals surface area (Å²) in [5, 5.41) is 0. The Kier molecular flexibility index (Phi) is 5.16. The van der Waals surface area contributed by atoms with E-state index in [0.717, 1.165) is 31.2 Å². The zero-order chi connectivity index (χ0) is 18.0. The van der Waals surface area contributed by atoms with E-state index in [1.165, 1.54) is 0 Å². The van der Waals surface area contributed by atoms with Crippen LogP contribution in [0.15, 0.2) is 30.3 Å². The van der Waals surface area contributed by atoms with Crippen molar-refractivity contribution in [2.75, 3.05) is 0 Å². The Bertz CT molecular complexity index is 609. The Balaban J connectivity index is 1.60. The second kappa shape index (κ2) is 7.19. The Morgan fingerprint density at radius 2 is 1.72 bits per heavy atom. The van der Waals surface area contributed by atoms with Crippen molar-refractivity contribution < 1.29 is 19.1 Å². The van der Waals surface area contributed by atoms with Gasteiger partial charge in [-0.3, -0.25) is 9.59 Å². The van der Waals surface area contributed by atoms with E-state index in [4.69, 9.17) is 9.47 Å². The van der Waals surface area contributed by atoms with E-state index < -0.39 is 12.0 Å². The van der Waals surface area contributed by atoms with Crippen LogP contribution in [0.25, 0.3) is 0 Å². The van der Waals surface area contributed by atoms with Gasteiger partial charge in [-0.1, -0.05) is 51.1 Å². The molecule has 0 N–H and O–H groups in total. The summed E-state index contributed by atoms with van der Waals surface area (Å²) >= 11 is 0. The molecule has 4 nitrogen and oxygen atoms in total. The summed E-state index contributed by atoms with van der Waals surface area (Å²) in [5.41, 5.74) is 1.16. The number of benzene rings is 1. The van der Waals surface area contributed by atoms with E-state index in [1.54, 1.807) is 0 Å². The van der Waals surface area contributed by atoms with Gasteiger partial charge in [0.15, 0.2) is 0 Å². The molecule has 2 atom stereocenters. The van der Waals surface area contributed by atoms with Gasteiger partial charge < -0.3 is 9.47 Å². The molecule has 0 bridgehead atoms. The van der Waals surface area contributed by atoms with E-state index in [9.17, 15) is 9.59 Å². The van der Waals surface area contributed by atoms with E-state index in [1.807, 2.05) is 30.3 Å². The minimum absolute atomic E-state index is 0.0294. The molecule has 4 heteroatoms. The van der Waals surface area contributed by atoms with Crippen molar-refractivity contribution in [1.82, 2.24) is 0 Å². The second-order valence-electron chi connectivity index (χ2n) is 8.41. The van der Waals surface area contributed by atoms with Crippen LogP contribution in [0.2, 0.25) is 0 Å². The molecule has 0 radical (unpaired) electrons. The zero-order valence-electron chi connectivity index (χ0n) is 15.4. The fourth-order valence-electron chi connectivity index (χ4n) is 4.01. The maximum Gasteiger partial charge on any atom is 0.313 e. The van der Waals surface area contributed by atoms with Crippen LogP contribution in [-0.4, -0.2) is 18.0 Å². The van der Waals surface area contributed by atoms with E-state index >= 15 is 0 Å². The van der Waals surface area contributed by atoms with Gasteiger partial charge in [0.25, 0.3) is 0 Å². The number of hydrogen-bond acceptors (Lipinski definition) is 4. The molecule has 0 aromatic heterocycles. The van der Waals surface area contributed by atoms with Crippen LogP contribution in [0, 0.1) is 17.3 Å². The van der Waals surface area contributed by atoms with Gasteiger partial charge in [-0.15, -0.1) is 0 Å². The molecule has 2 aliphatic rings. The third-order valence-electron chi connectivity index (χ3n) is 5.62. The average molecular weight is 344 g/mol. The molecule has 1 saturated carbocycles. The van der Waals surface area contributed by atoms with Crippen molar-refractivity contribution in [1.29, 1.82) is 0 Å². The molecule has 1 heterocycles. The molecular weight excluding hydrogens is 316 g/mol. The molecule has 25 heavy (non-hydrogen) atoms. The summed E-state index contributed by atoms with van der Waals surface area (Å²) in [6, 6.07) is 9.45. The normalized spacial score (nSPS) is 30.0. The van der Waals surface area contributed by atoms with Gasteiger partial charge in [0.1, 0.15) is 18.1 Å². The number of cyclic esters (lactones) is 1. The first-order valence-corrected chi connectivity index (χ1v) is 9.29. The number of hydrogen-bond donors (Lipinski definition) is 0. The Morgan fingerprint density at radius 1 is 1.08 bits per heavy atom. The molecule has 1 aromatic rings. The van der Waals surface area contributed by atoms with Crippen molar-refractivity contribution in [2.45, 2.75) is 65.1 Å². The van der Waals surface area contributed by atoms with Crippen LogP contribution < -0.4 is 0 Å². The molecule has 1 aromatic carbocycles. The summed E-state index contributed by atoms with van der Waals surface area (Å²) in [5.74, 6) is -0.475. The first-order valence-electron chi connectivity index (χ1n) is 9.29. The highest BCUT2D eigenvalue weighted by molar-refractivity contribution is 5.84. The smallest absolute Gasteiger partial charge is 0.313 e. The lowest BCUT2D eigenvalue weighted by atomic mass is 9.72. The Morgan fingerprint density at radius 3 is 2.32 bits per heavy atom. The van der Waals surface area contributed by atoms with Crippen LogP contribution in [0.5, 0.6) is 0 Å². The summed E-state index contributed by atoms with van der Waals surface area (Å²) in [7, 11) is 0. The molecular formula is C21H28O4. The molecule has 3 rings (SSSR count). The van der Waals surface area contributed by atoms with Gasteiger partial charge in [-0.2, -0.15) is 0 Å². The maximum atomic E-state index is 12.7. The minimum atomic E-state index is -0.532. The van der Waals surface area contributed by atoms with Gasteiger partial charge >= 0.3 is 11.9 Å². The lowest BCUT2D eigenvalue weighted by Crippen LogP contribution is -2.32. The van der Waals surface area contributed by atoms with Crippen molar-refractivity contribution in [3.63, 3.8) is 0 Å². The van der Waals surface area contributed by atoms with E-state index in [0.29, 0.717) is 11.3 Å². The average Bonchev–Trinajstić information content (AvgIpc) is 2.97. The maximum absolute atomic E-state index is 12.7. The van der Waals surface area contributed by atoms with Crippen molar-refractivity contribution >= 4 is 11.9 Å². The summed E-state index contributed by atoms with van der Waals surface area (Å²) < 4.78 is 11.2. The largest absolute Gasteiger partial charge is 0.462 e. The molecule has 1 aliphatic carbocycles. The predicted molar refractivity (Wildman–Crippen MR) is 94.7 cm³/mol. The summed E-state index contributed by atoms with van der Waals surface area (Å²) in [4.78, 5) is 24.4. The van der Waals surface area contributed by atoms with Crippen molar-refractivity contribution in [3.05, 3.63) is 35.9 Å². The highest BCUT2D eigenvalue weighted by atomic mass is 16.6. The van der Waals surface area contributed by atoms with Crippen LogP contribution in [-0.2, 0) is 19.1 Å². The van der Waals surface area contributed by atoms with Gasteiger partial charge in [0.2, 0.25) is 0 Å². The van der Waals surface area contributed by atoms with Gasteiger partial charge in [-0.05, 0) is 42.6 Å². The molecule has 2 fully saturated rings. The standard InChI is InChI=1S/C21H28O4/c1-21(2,3)15-9-11-16(12-10-15)24-20(23)17-13-18(22)25-19(17)14-7-5-4-6-8-14/h4-8,15-17,19H,9-13H2,1-3H3. The third-order valence-corrected chi connectivity index (χ3v) is 5.62. The summed E-state index contributed by atoms with van der Waals surface area (Å²) in [6.07, 6.45) is 3.55. The van der Waals surface area contributed by atoms with E-state index in [-0.39, 0.29) is 24.5 Å². The third kappa shape index (κ3) is 4.23. The highest BCUT2D eigenvalue weighted by Crippen LogP contribution is 2.40. The van der Waals surface area contributed by atoms with Crippen molar-refractivity contribution in [2.24, 2.45) is 17.3 Å².